The molecular formula is C13H15ClN4O. The van der Waals surface area contributed by atoms with E-state index < -0.39 is 0 Å². The molecule has 0 aliphatic heterocycles. The van der Waals surface area contributed by atoms with E-state index >= 15 is 0 Å². The molecule has 0 spiro atoms. The van der Waals surface area contributed by atoms with Gasteiger partial charge in [0.2, 0.25) is 5.75 Å². The maximum absolute atomic E-state index is 6.15. The van der Waals surface area contributed by atoms with E-state index in [4.69, 9.17) is 16.3 Å². The minimum Gasteiger partial charge on any atom is -0.490 e. The monoisotopic (exact) mass is 278 g/mol. The molecule has 2 N–H and O–H groups in total. The molecule has 100 valence electrons. The first-order chi connectivity index (χ1) is 9.15. The molecular weight excluding hydrogens is 264 g/mol. The predicted molar refractivity (Wildman–Crippen MR) is 77.6 cm³/mol. The Morgan fingerprint density at radius 2 is 1.95 bits per heavy atom. The largest absolute Gasteiger partial charge is 0.490 e. The van der Waals surface area contributed by atoms with E-state index in [0.717, 1.165) is 11.3 Å². The first-order valence-electron chi connectivity index (χ1n) is 5.75. The fraction of sp³-hybridized carbons (Fsp3) is 0.231. The number of nitrogens with zero attached hydrogens (tertiary/aromatic N) is 2. The van der Waals surface area contributed by atoms with Crippen LogP contribution in [0.4, 0.5) is 17.3 Å². The van der Waals surface area contributed by atoms with Crippen LogP contribution in [0.25, 0.3) is 0 Å². The summed E-state index contributed by atoms with van der Waals surface area (Å²) in [6.45, 7) is 2.00. The number of halogens is 1. The summed E-state index contributed by atoms with van der Waals surface area (Å²) in [6.07, 6.45) is 1.46. The highest BCUT2D eigenvalue weighted by molar-refractivity contribution is 6.33. The minimum atomic E-state index is 0.544. The molecule has 0 bridgehead atoms. The molecule has 6 heteroatoms. The van der Waals surface area contributed by atoms with Gasteiger partial charge >= 0.3 is 0 Å². The standard InChI is InChI=1S/C13H15ClN4O/c1-8-4-5-9(14)10(6-8)18-13-11(19-3)12(15-2)16-7-17-13/h4-7H,1-3H3,(H2,15,16,17,18). The van der Waals surface area contributed by atoms with Crippen molar-refractivity contribution in [2.45, 2.75) is 6.92 Å². The molecule has 0 fully saturated rings. The lowest BCUT2D eigenvalue weighted by Crippen LogP contribution is -2.03. The summed E-state index contributed by atoms with van der Waals surface area (Å²) in [6, 6.07) is 5.73. The van der Waals surface area contributed by atoms with Crippen molar-refractivity contribution in [2.75, 3.05) is 24.8 Å². The Kier molecular flexibility index (Phi) is 4.06. The van der Waals surface area contributed by atoms with Gasteiger partial charge in [0.05, 0.1) is 17.8 Å². The average Bonchev–Trinajstić information content (AvgIpc) is 2.42. The molecule has 0 amide bonds. The fourth-order valence-electron chi connectivity index (χ4n) is 1.70. The van der Waals surface area contributed by atoms with Gasteiger partial charge in [-0.2, -0.15) is 0 Å². The first kappa shape index (κ1) is 13.4. The molecule has 1 aromatic carbocycles. The maximum atomic E-state index is 6.15. The molecule has 2 aromatic rings. The van der Waals surface area contributed by atoms with E-state index in [1.165, 1.54) is 6.33 Å². The topological polar surface area (TPSA) is 59.1 Å². The number of methoxy groups -OCH3 is 1. The van der Waals surface area contributed by atoms with Crippen LogP contribution in [0, 0.1) is 6.92 Å². The summed E-state index contributed by atoms with van der Waals surface area (Å²) in [5, 5.41) is 6.73. The van der Waals surface area contributed by atoms with Crippen LogP contribution in [-0.2, 0) is 0 Å². The van der Waals surface area contributed by atoms with E-state index in [1.807, 2.05) is 25.1 Å². The number of rotatable bonds is 4. The summed E-state index contributed by atoms with van der Waals surface area (Å²) >= 11 is 6.15. The normalized spacial score (nSPS) is 10.1. The van der Waals surface area contributed by atoms with Gasteiger partial charge in [0, 0.05) is 7.05 Å². The summed E-state index contributed by atoms with van der Waals surface area (Å²) < 4.78 is 5.32. The van der Waals surface area contributed by atoms with Gasteiger partial charge < -0.3 is 15.4 Å². The fourth-order valence-corrected chi connectivity index (χ4v) is 1.86. The zero-order valence-electron chi connectivity index (χ0n) is 11.0. The molecule has 1 heterocycles. The van der Waals surface area contributed by atoms with Crippen molar-refractivity contribution < 1.29 is 4.74 Å². The second-order valence-corrected chi connectivity index (χ2v) is 4.37. The molecule has 5 nitrogen and oxygen atoms in total. The van der Waals surface area contributed by atoms with Crippen LogP contribution in [0.1, 0.15) is 5.56 Å². The molecule has 1 aromatic heterocycles. The third kappa shape index (κ3) is 2.88. The second kappa shape index (κ2) is 5.75. The van der Waals surface area contributed by atoms with E-state index in [2.05, 4.69) is 20.6 Å². The van der Waals surface area contributed by atoms with Gasteiger partial charge in [-0.3, -0.25) is 0 Å². The van der Waals surface area contributed by atoms with Crippen molar-refractivity contribution >= 4 is 28.9 Å². The van der Waals surface area contributed by atoms with Gasteiger partial charge in [-0.15, -0.1) is 0 Å². The molecule has 0 saturated heterocycles. The Bertz CT molecular complexity index is 589. The molecule has 0 saturated carbocycles. The summed E-state index contributed by atoms with van der Waals surface area (Å²) in [5.74, 6) is 1.72. The molecule has 19 heavy (non-hydrogen) atoms. The van der Waals surface area contributed by atoms with Crippen LogP contribution in [-0.4, -0.2) is 24.1 Å². The van der Waals surface area contributed by atoms with Crippen molar-refractivity contribution in [3.8, 4) is 5.75 Å². The third-order valence-corrected chi connectivity index (χ3v) is 2.95. The van der Waals surface area contributed by atoms with Gasteiger partial charge in [-0.05, 0) is 24.6 Å². The van der Waals surface area contributed by atoms with E-state index in [0.29, 0.717) is 22.4 Å². The number of aromatic nitrogens is 2. The molecule has 0 aliphatic rings. The van der Waals surface area contributed by atoms with Gasteiger partial charge in [-0.1, -0.05) is 17.7 Å². The Morgan fingerprint density at radius 1 is 1.21 bits per heavy atom. The SMILES string of the molecule is CNc1ncnc(Nc2cc(C)ccc2Cl)c1OC. The second-order valence-electron chi connectivity index (χ2n) is 3.96. The van der Waals surface area contributed by atoms with E-state index in [-0.39, 0.29) is 0 Å². The van der Waals surface area contributed by atoms with Crippen molar-refractivity contribution in [1.82, 2.24) is 9.97 Å². The zero-order chi connectivity index (χ0) is 13.8. The third-order valence-electron chi connectivity index (χ3n) is 2.62. The van der Waals surface area contributed by atoms with Crippen LogP contribution in [0.5, 0.6) is 5.75 Å². The Labute approximate surface area is 117 Å². The van der Waals surface area contributed by atoms with Crippen LogP contribution >= 0.6 is 11.6 Å². The van der Waals surface area contributed by atoms with Crippen LogP contribution in [0.2, 0.25) is 5.02 Å². The summed E-state index contributed by atoms with van der Waals surface area (Å²) in [5.41, 5.74) is 1.88. The Hall–Kier alpha value is -2.01. The van der Waals surface area contributed by atoms with Gasteiger partial charge in [0.1, 0.15) is 6.33 Å². The molecule has 0 atom stereocenters. The van der Waals surface area contributed by atoms with E-state index in [1.54, 1.807) is 14.2 Å². The number of nitrogens with one attached hydrogen (secondary N) is 2. The quantitative estimate of drug-likeness (QED) is 0.899. The lowest BCUT2D eigenvalue weighted by atomic mass is 10.2. The Balaban J connectivity index is 2.40. The number of ether oxygens (including phenoxy) is 1. The number of hydrogen-bond acceptors (Lipinski definition) is 5. The molecule has 0 radical (unpaired) electrons. The van der Waals surface area contributed by atoms with Crippen molar-refractivity contribution in [3.63, 3.8) is 0 Å². The number of benzene rings is 1. The van der Waals surface area contributed by atoms with Crippen molar-refractivity contribution in [1.29, 1.82) is 0 Å². The van der Waals surface area contributed by atoms with Gasteiger partial charge in [-0.25, -0.2) is 9.97 Å². The predicted octanol–water partition coefficient (Wildman–Crippen LogP) is 3.23. The average molecular weight is 279 g/mol. The zero-order valence-corrected chi connectivity index (χ0v) is 11.7. The van der Waals surface area contributed by atoms with Crippen LogP contribution in [0.15, 0.2) is 24.5 Å². The summed E-state index contributed by atoms with van der Waals surface area (Å²) in [4.78, 5) is 8.27. The summed E-state index contributed by atoms with van der Waals surface area (Å²) in [7, 11) is 3.34. The highest BCUT2D eigenvalue weighted by atomic mass is 35.5. The number of aryl methyl sites for hydroxylation is 1. The van der Waals surface area contributed by atoms with Gasteiger partial charge in [0.25, 0.3) is 0 Å². The van der Waals surface area contributed by atoms with E-state index in [9.17, 15) is 0 Å². The minimum absolute atomic E-state index is 0.544. The first-order valence-corrected chi connectivity index (χ1v) is 6.13. The lowest BCUT2D eigenvalue weighted by molar-refractivity contribution is 0.415. The smallest absolute Gasteiger partial charge is 0.204 e. The van der Waals surface area contributed by atoms with Crippen molar-refractivity contribution in [2.24, 2.45) is 0 Å². The number of anilines is 3. The lowest BCUT2D eigenvalue weighted by Gasteiger charge is -2.13. The molecule has 2 rings (SSSR count). The van der Waals surface area contributed by atoms with Crippen molar-refractivity contribution in [3.05, 3.63) is 35.1 Å². The molecule has 0 unspecified atom stereocenters. The number of hydrogen-bond donors (Lipinski definition) is 2. The highest BCUT2D eigenvalue weighted by Crippen LogP contribution is 2.33. The highest BCUT2D eigenvalue weighted by Gasteiger charge is 2.12. The molecule has 0 aliphatic carbocycles. The van der Waals surface area contributed by atoms with Crippen LogP contribution in [0.3, 0.4) is 0 Å². The maximum Gasteiger partial charge on any atom is 0.204 e. The van der Waals surface area contributed by atoms with Crippen LogP contribution < -0.4 is 15.4 Å². The Morgan fingerprint density at radius 3 is 2.63 bits per heavy atom. The van der Waals surface area contributed by atoms with Gasteiger partial charge in [0.15, 0.2) is 11.6 Å².